The molecule has 0 aliphatic carbocycles. The van der Waals surface area contributed by atoms with Crippen LogP contribution in [0.1, 0.15) is 43.1 Å². The Labute approximate surface area is 236 Å². The predicted molar refractivity (Wildman–Crippen MR) is 149 cm³/mol. The molecule has 0 unspecified atom stereocenters. The van der Waals surface area contributed by atoms with Crippen molar-refractivity contribution >= 4 is 35.1 Å². The summed E-state index contributed by atoms with van der Waals surface area (Å²) < 4.78 is 5.04. The molecule has 1 N–H and O–H groups in total. The second-order valence-corrected chi connectivity index (χ2v) is 9.90. The molecule has 1 atom stereocenters. The van der Waals surface area contributed by atoms with Gasteiger partial charge in [-0.05, 0) is 60.0 Å². The number of benzene rings is 2. The lowest BCUT2D eigenvalue weighted by Crippen LogP contribution is -2.45. The second-order valence-electron chi connectivity index (χ2n) is 9.47. The SMILES string of the molecule is COc1cnc(NC(=O)c2ccc(CN3C(=O)c4ccc(Cl)cc4CC(=O)[C@H]3Cc3ccccn3)cc2C)nc1. The molecule has 5 rings (SSSR count). The monoisotopic (exact) mass is 555 g/mol. The van der Waals surface area contributed by atoms with Crippen molar-refractivity contribution in [2.75, 3.05) is 12.4 Å². The number of carbonyl (C=O) groups excluding carboxylic acids is 3. The highest BCUT2D eigenvalue weighted by Crippen LogP contribution is 2.27. The Morgan fingerprint density at radius 1 is 1.07 bits per heavy atom. The van der Waals surface area contributed by atoms with E-state index in [0.717, 1.165) is 5.56 Å². The minimum atomic E-state index is -0.718. The molecular formula is C30H26ClN5O4. The molecule has 1 aliphatic rings. The van der Waals surface area contributed by atoms with Gasteiger partial charge >= 0.3 is 0 Å². The van der Waals surface area contributed by atoms with Gasteiger partial charge in [0.1, 0.15) is 0 Å². The van der Waals surface area contributed by atoms with Gasteiger partial charge in [-0.3, -0.25) is 24.7 Å². The average molecular weight is 556 g/mol. The van der Waals surface area contributed by atoms with Crippen molar-refractivity contribution in [1.82, 2.24) is 19.9 Å². The first-order valence-electron chi connectivity index (χ1n) is 12.6. The van der Waals surface area contributed by atoms with Gasteiger partial charge in [0.15, 0.2) is 11.5 Å². The van der Waals surface area contributed by atoms with Crippen molar-refractivity contribution < 1.29 is 19.1 Å². The van der Waals surface area contributed by atoms with Gasteiger partial charge in [0.2, 0.25) is 5.95 Å². The van der Waals surface area contributed by atoms with Crippen LogP contribution in [0.5, 0.6) is 5.75 Å². The standard InChI is InChI=1S/C30H26ClN5O4/c1-18-11-19(6-8-24(18)28(38)35-30-33-15-23(40-2)16-34-30)17-36-26(14-22-5-3-4-10-32-22)27(37)13-20-12-21(31)7-9-25(20)29(36)39/h3-12,15-16,26H,13-14,17H2,1-2H3,(H,33,34,35,38)/t26-/m1/s1. The summed E-state index contributed by atoms with van der Waals surface area (Å²) >= 11 is 6.19. The fourth-order valence-corrected chi connectivity index (χ4v) is 4.94. The van der Waals surface area contributed by atoms with E-state index in [-0.39, 0.29) is 42.9 Å². The zero-order valence-corrected chi connectivity index (χ0v) is 22.7. The first-order valence-corrected chi connectivity index (χ1v) is 13.0. The number of nitrogens with zero attached hydrogens (tertiary/aromatic N) is 4. The number of hydrogen-bond donors (Lipinski definition) is 1. The molecule has 0 saturated carbocycles. The summed E-state index contributed by atoms with van der Waals surface area (Å²) in [6, 6.07) is 15.1. The number of methoxy groups -OCH3 is 1. The van der Waals surface area contributed by atoms with Gasteiger partial charge in [-0.1, -0.05) is 29.8 Å². The summed E-state index contributed by atoms with van der Waals surface area (Å²) in [7, 11) is 1.51. The maximum absolute atomic E-state index is 13.8. The van der Waals surface area contributed by atoms with E-state index in [1.54, 1.807) is 47.5 Å². The number of carbonyl (C=O) groups is 3. The molecule has 10 heteroatoms. The molecule has 2 amide bonds. The molecule has 1 aliphatic heterocycles. The fraction of sp³-hybridized carbons (Fsp3) is 0.200. The third-order valence-corrected chi connectivity index (χ3v) is 7.01. The first-order chi connectivity index (χ1) is 19.3. The summed E-state index contributed by atoms with van der Waals surface area (Å²) in [6.45, 7) is 1.99. The van der Waals surface area contributed by atoms with E-state index in [2.05, 4.69) is 20.3 Å². The molecule has 0 spiro atoms. The summed E-state index contributed by atoms with van der Waals surface area (Å²) in [5.74, 6) is -0.0814. The highest BCUT2D eigenvalue weighted by molar-refractivity contribution is 6.30. The van der Waals surface area contributed by atoms with Gasteiger partial charge in [-0.25, -0.2) is 9.97 Å². The van der Waals surface area contributed by atoms with E-state index in [0.29, 0.717) is 38.7 Å². The Kier molecular flexibility index (Phi) is 7.84. The van der Waals surface area contributed by atoms with E-state index in [1.807, 2.05) is 25.1 Å². The summed E-state index contributed by atoms with van der Waals surface area (Å²) in [4.78, 5) is 54.4. The number of pyridine rings is 1. The largest absolute Gasteiger partial charge is 0.494 e. The van der Waals surface area contributed by atoms with Gasteiger partial charge in [-0.2, -0.15) is 0 Å². The Bertz CT molecular complexity index is 1580. The van der Waals surface area contributed by atoms with Crippen LogP contribution >= 0.6 is 11.6 Å². The highest BCUT2D eigenvalue weighted by atomic mass is 35.5. The predicted octanol–water partition coefficient (Wildman–Crippen LogP) is 4.47. The van der Waals surface area contributed by atoms with Gasteiger partial charge in [0.25, 0.3) is 11.8 Å². The molecule has 9 nitrogen and oxygen atoms in total. The van der Waals surface area contributed by atoms with Crippen LogP contribution in [0.4, 0.5) is 5.95 Å². The number of rotatable bonds is 7. The number of amides is 2. The van der Waals surface area contributed by atoms with Crippen molar-refractivity contribution in [1.29, 1.82) is 0 Å². The normalized spacial score (nSPS) is 14.9. The Hall–Kier alpha value is -4.63. The van der Waals surface area contributed by atoms with Crippen LogP contribution in [0.15, 0.2) is 73.2 Å². The zero-order valence-electron chi connectivity index (χ0n) is 21.9. The number of aryl methyl sites for hydroxylation is 1. The maximum atomic E-state index is 13.8. The zero-order chi connectivity index (χ0) is 28.2. The fourth-order valence-electron chi connectivity index (χ4n) is 4.75. The van der Waals surface area contributed by atoms with E-state index < -0.39 is 6.04 Å². The maximum Gasteiger partial charge on any atom is 0.258 e. The van der Waals surface area contributed by atoms with Crippen molar-refractivity contribution in [3.63, 3.8) is 0 Å². The van der Waals surface area contributed by atoms with E-state index in [1.165, 1.54) is 19.5 Å². The second kappa shape index (κ2) is 11.6. The summed E-state index contributed by atoms with van der Waals surface area (Å²) in [5.41, 5.74) is 3.69. The molecule has 2 aromatic heterocycles. The molecule has 0 radical (unpaired) electrons. The third kappa shape index (κ3) is 5.84. The summed E-state index contributed by atoms with van der Waals surface area (Å²) in [6.07, 6.45) is 4.98. The minimum Gasteiger partial charge on any atom is -0.494 e. The lowest BCUT2D eigenvalue weighted by Gasteiger charge is -2.29. The molecule has 0 fully saturated rings. The van der Waals surface area contributed by atoms with Crippen LogP contribution in [0, 0.1) is 6.92 Å². The quantitative estimate of drug-likeness (QED) is 0.358. The number of Topliss-reactive ketones (excluding diaryl/α,β-unsaturated/α-hetero) is 1. The highest BCUT2D eigenvalue weighted by Gasteiger charge is 2.35. The molecule has 40 heavy (non-hydrogen) atoms. The summed E-state index contributed by atoms with van der Waals surface area (Å²) in [5, 5.41) is 3.15. The van der Waals surface area contributed by atoms with Crippen molar-refractivity contribution in [2.45, 2.75) is 32.4 Å². The molecule has 3 heterocycles. The first kappa shape index (κ1) is 27.0. The Morgan fingerprint density at radius 2 is 1.88 bits per heavy atom. The van der Waals surface area contributed by atoms with E-state index in [9.17, 15) is 14.4 Å². The van der Waals surface area contributed by atoms with Gasteiger partial charge in [-0.15, -0.1) is 0 Å². The topological polar surface area (TPSA) is 114 Å². The smallest absolute Gasteiger partial charge is 0.258 e. The molecular weight excluding hydrogens is 530 g/mol. The van der Waals surface area contributed by atoms with Crippen LogP contribution in [0.3, 0.4) is 0 Å². The molecule has 0 saturated heterocycles. The number of anilines is 1. The van der Waals surface area contributed by atoms with Gasteiger partial charge < -0.3 is 9.64 Å². The Morgan fingerprint density at radius 3 is 2.58 bits per heavy atom. The number of ether oxygens (including phenoxy) is 1. The molecule has 0 bridgehead atoms. The van der Waals surface area contributed by atoms with Crippen LogP contribution in [-0.2, 0) is 24.2 Å². The number of ketones is 1. The van der Waals surface area contributed by atoms with Gasteiger partial charge in [0.05, 0.1) is 25.5 Å². The van der Waals surface area contributed by atoms with Crippen molar-refractivity contribution in [2.24, 2.45) is 0 Å². The average Bonchev–Trinajstić information content (AvgIpc) is 3.03. The number of nitrogens with one attached hydrogen (secondary N) is 1. The van der Waals surface area contributed by atoms with Crippen molar-refractivity contribution in [3.05, 3.63) is 112 Å². The lowest BCUT2D eigenvalue weighted by atomic mass is 9.99. The van der Waals surface area contributed by atoms with Crippen LogP contribution < -0.4 is 10.1 Å². The van der Waals surface area contributed by atoms with E-state index >= 15 is 0 Å². The number of fused-ring (bicyclic) bond motifs is 1. The van der Waals surface area contributed by atoms with Crippen molar-refractivity contribution in [3.8, 4) is 5.75 Å². The molecule has 2 aromatic carbocycles. The van der Waals surface area contributed by atoms with E-state index in [4.69, 9.17) is 16.3 Å². The third-order valence-electron chi connectivity index (χ3n) is 6.78. The van der Waals surface area contributed by atoms with Crippen LogP contribution in [-0.4, -0.2) is 50.6 Å². The Balaban J connectivity index is 1.42. The minimum absolute atomic E-state index is 0.0905. The lowest BCUT2D eigenvalue weighted by molar-refractivity contribution is -0.122. The van der Waals surface area contributed by atoms with Crippen LogP contribution in [0.2, 0.25) is 5.02 Å². The van der Waals surface area contributed by atoms with Gasteiger partial charge in [0, 0.05) is 47.4 Å². The number of hydrogen-bond acceptors (Lipinski definition) is 7. The molecule has 4 aromatic rings. The number of aromatic nitrogens is 3. The van der Waals surface area contributed by atoms with Crippen LogP contribution in [0.25, 0.3) is 0 Å². The molecule has 202 valence electrons. The number of halogens is 1.